The van der Waals surface area contributed by atoms with Crippen molar-refractivity contribution in [3.8, 4) is 0 Å². The van der Waals surface area contributed by atoms with Gasteiger partial charge in [0.25, 0.3) is 0 Å². The molecule has 0 fully saturated rings. The van der Waals surface area contributed by atoms with E-state index >= 15 is 0 Å². The Morgan fingerprint density at radius 1 is 0.450 bits per heavy atom. The zero-order valence-corrected chi connectivity index (χ0v) is 15.5. The molecule has 0 nitrogen and oxygen atoms in total. The minimum Gasteiger partial charge on any atom is -0.0628 e. The van der Waals surface area contributed by atoms with Gasteiger partial charge in [-0.25, -0.2) is 0 Å². The van der Waals surface area contributed by atoms with Gasteiger partial charge in [0, 0.05) is 0 Å². The maximum absolute atomic E-state index is 2.47. The maximum Gasteiger partial charge on any atom is -0.0417 e. The lowest BCUT2D eigenvalue weighted by atomic mass is 9.84. The monoisotopic (exact) mass is 282 g/mol. The molecule has 0 spiro atoms. The molecular formula is C20H42. The molecule has 0 N–H and O–H groups in total. The highest BCUT2D eigenvalue weighted by atomic mass is 14.2. The second-order valence-electron chi connectivity index (χ2n) is 8.29. The molecular weight excluding hydrogens is 240 g/mol. The van der Waals surface area contributed by atoms with Crippen molar-refractivity contribution in [3.05, 3.63) is 0 Å². The van der Waals surface area contributed by atoms with Crippen molar-refractivity contribution in [2.75, 3.05) is 0 Å². The Morgan fingerprint density at radius 2 is 0.900 bits per heavy atom. The van der Waals surface area contributed by atoms with Crippen LogP contribution >= 0.6 is 0 Å². The summed E-state index contributed by atoms with van der Waals surface area (Å²) in [7, 11) is 0. The topological polar surface area (TPSA) is 0 Å². The summed E-state index contributed by atoms with van der Waals surface area (Å²) in [6, 6.07) is 0. The Kier molecular flexibility index (Phi) is 11.6. The SMILES string of the molecule is CC(C)CCCC(C)CCC(C)C(C)CCCC(C)C. The highest BCUT2D eigenvalue weighted by molar-refractivity contribution is 4.65. The summed E-state index contributed by atoms with van der Waals surface area (Å²) < 4.78 is 0. The maximum atomic E-state index is 2.47. The summed E-state index contributed by atoms with van der Waals surface area (Å²) in [5.74, 6) is 4.51. The minimum absolute atomic E-state index is 0.874. The van der Waals surface area contributed by atoms with Gasteiger partial charge in [0.2, 0.25) is 0 Å². The third-order valence-electron chi connectivity index (χ3n) is 5.01. The Balaban J connectivity index is 3.65. The van der Waals surface area contributed by atoms with E-state index in [0.717, 1.165) is 29.6 Å². The normalized spacial score (nSPS) is 16.6. The number of hydrogen-bond acceptors (Lipinski definition) is 0. The predicted octanol–water partition coefficient (Wildman–Crippen LogP) is 7.33. The zero-order valence-electron chi connectivity index (χ0n) is 15.5. The van der Waals surface area contributed by atoms with E-state index in [1.165, 1.54) is 51.4 Å². The molecule has 0 bridgehead atoms. The fourth-order valence-corrected chi connectivity index (χ4v) is 2.98. The van der Waals surface area contributed by atoms with Crippen LogP contribution in [0.4, 0.5) is 0 Å². The average Bonchev–Trinajstić information content (AvgIpc) is 2.34. The van der Waals surface area contributed by atoms with Crippen LogP contribution in [-0.2, 0) is 0 Å². The van der Waals surface area contributed by atoms with Crippen molar-refractivity contribution in [3.63, 3.8) is 0 Å². The van der Waals surface area contributed by atoms with Gasteiger partial charge in [0.05, 0.1) is 0 Å². The van der Waals surface area contributed by atoms with E-state index in [2.05, 4.69) is 48.5 Å². The molecule has 0 amide bonds. The van der Waals surface area contributed by atoms with Crippen LogP contribution in [0.25, 0.3) is 0 Å². The molecule has 3 atom stereocenters. The van der Waals surface area contributed by atoms with Gasteiger partial charge in [0.1, 0.15) is 0 Å². The van der Waals surface area contributed by atoms with E-state index in [4.69, 9.17) is 0 Å². The lowest BCUT2D eigenvalue weighted by molar-refractivity contribution is 0.297. The van der Waals surface area contributed by atoms with Gasteiger partial charge in [-0.3, -0.25) is 0 Å². The lowest BCUT2D eigenvalue weighted by Crippen LogP contribution is -2.10. The van der Waals surface area contributed by atoms with Gasteiger partial charge in [-0.05, 0) is 29.6 Å². The second-order valence-corrected chi connectivity index (χ2v) is 8.29. The molecule has 0 rings (SSSR count). The molecule has 0 aliphatic heterocycles. The van der Waals surface area contributed by atoms with Crippen LogP contribution in [0.2, 0.25) is 0 Å². The van der Waals surface area contributed by atoms with Crippen molar-refractivity contribution in [1.82, 2.24) is 0 Å². The Labute approximate surface area is 130 Å². The minimum atomic E-state index is 0.874. The van der Waals surface area contributed by atoms with Crippen molar-refractivity contribution in [2.45, 2.75) is 99.8 Å². The molecule has 0 aromatic rings. The summed E-state index contributed by atoms with van der Waals surface area (Å²) in [4.78, 5) is 0. The van der Waals surface area contributed by atoms with Crippen molar-refractivity contribution in [2.24, 2.45) is 29.6 Å². The van der Waals surface area contributed by atoms with Gasteiger partial charge < -0.3 is 0 Å². The van der Waals surface area contributed by atoms with Gasteiger partial charge >= 0.3 is 0 Å². The van der Waals surface area contributed by atoms with Gasteiger partial charge in [-0.15, -0.1) is 0 Å². The van der Waals surface area contributed by atoms with E-state index in [9.17, 15) is 0 Å². The molecule has 122 valence electrons. The van der Waals surface area contributed by atoms with E-state index < -0.39 is 0 Å². The predicted molar refractivity (Wildman–Crippen MR) is 94.1 cm³/mol. The molecule has 0 aliphatic carbocycles. The first kappa shape index (κ1) is 20.0. The van der Waals surface area contributed by atoms with Crippen LogP contribution in [-0.4, -0.2) is 0 Å². The van der Waals surface area contributed by atoms with E-state index in [1.54, 1.807) is 0 Å². The Morgan fingerprint density at radius 3 is 1.40 bits per heavy atom. The summed E-state index contributed by atoms with van der Waals surface area (Å²) >= 11 is 0. The molecule has 0 radical (unpaired) electrons. The average molecular weight is 283 g/mol. The number of rotatable bonds is 12. The lowest BCUT2D eigenvalue weighted by Gasteiger charge is -2.22. The van der Waals surface area contributed by atoms with Gasteiger partial charge in [0.15, 0.2) is 0 Å². The summed E-state index contributed by atoms with van der Waals surface area (Å²) in [5, 5.41) is 0. The van der Waals surface area contributed by atoms with Crippen LogP contribution in [0.15, 0.2) is 0 Å². The van der Waals surface area contributed by atoms with Crippen LogP contribution in [0, 0.1) is 29.6 Å². The van der Waals surface area contributed by atoms with Gasteiger partial charge in [-0.1, -0.05) is 99.8 Å². The molecule has 0 saturated heterocycles. The second kappa shape index (κ2) is 11.6. The smallest absolute Gasteiger partial charge is 0.0417 e. The number of hydrogen-bond donors (Lipinski definition) is 0. The highest BCUT2D eigenvalue weighted by Crippen LogP contribution is 2.26. The standard InChI is InChI=1S/C20H42/c1-16(2)10-8-12-18(5)14-15-20(7)19(6)13-9-11-17(3)4/h16-20H,8-15H2,1-7H3. The van der Waals surface area contributed by atoms with E-state index in [0.29, 0.717) is 0 Å². The fourth-order valence-electron chi connectivity index (χ4n) is 2.98. The fraction of sp³-hybridized carbons (Fsp3) is 1.00. The van der Waals surface area contributed by atoms with Gasteiger partial charge in [-0.2, -0.15) is 0 Å². The van der Waals surface area contributed by atoms with Crippen molar-refractivity contribution in [1.29, 1.82) is 0 Å². The molecule has 0 saturated carbocycles. The molecule has 3 unspecified atom stereocenters. The van der Waals surface area contributed by atoms with Crippen molar-refractivity contribution >= 4 is 0 Å². The summed E-state index contributed by atoms with van der Waals surface area (Å²) in [5.41, 5.74) is 0. The van der Waals surface area contributed by atoms with Crippen LogP contribution < -0.4 is 0 Å². The first-order chi connectivity index (χ1) is 9.32. The summed E-state index contributed by atoms with van der Waals surface area (Å²) in [6.07, 6.45) is 11.4. The largest absolute Gasteiger partial charge is 0.0628 e. The molecule has 0 aromatic heterocycles. The summed E-state index contributed by atoms with van der Waals surface area (Å²) in [6.45, 7) is 16.8. The molecule has 0 heteroatoms. The highest BCUT2D eigenvalue weighted by Gasteiger charge is 2.13. The van der Waals surface area contributed by atoms with E-state index in [-0.39, 0.29) is 0 Å². The molecule has 0 heterocycles. The zero-order chi connectivity index (χ0) is 15.5. The third-order valence-corrected chi connectivity index (χ3v) is 5.01. The molecule has 20 heavy (non-hydrogen) atoms. The molecule has 0 aliphatic rings. The van der Waals surface area contributed by atoms with Crippen LogP contribution in [0.5, 0.6) is 0 Å². The van der Waals surface area contributed by atoms with Crippen LogP contribution in [0.1, 0.15) is 99.8 Å². The first-order valence-corrected chi connectivity index (χ1v) is 9.32. The van der Waals surface area contributed by atoms with E-state index in [1.807, 2.05) is 0 Å². The first-order valence-electron chi connectivity index (χ1n) is 9.32. The quantitative estimate of drug-likeness (QED) is 0.351. The Bertz CT molecular complexity index is 204. The third kappa shape index (κ3) is 11.8. The Hall–Kier alpha value is 0. The molecule has 0 aromatic carbocycles. The van der Waals surface area contributed by atoms with Crippen molar-refractivity contribution < 1.29 is 0 Å². The van der Waals surface area contributed by atoms with Crippen LogP contribution in [0.3, 0.4) is 0 Å².